The largest absolute Gasteiger partial charge is 0.444 e. The third-order valence-electron chi connectivity index (χ3n) is 6.49. The van der Waals surface area contributed by atoms with E-state index in [1.165, 1.54) is 6.20 Å². The Morgan fingerprint density at radius 2 is 1.80 bits per heavy atom. The highest BCUT2D eigenvalue weighted by Crippen LogP contribution is 2.38. The number of benzene rings is 2. The first-order chi connectivity index (χ1) is 18.8. The molecule has 3 aromatic rings. The van der Waals surface area contributed by atoms with E-state index in [-0.39, 0.29) is 12.1 Å². The number of nitrogens with zero attached hydrogens (tertiary/aromatic N) is 3. The van der Waals surface area contributed by atoms with Gasteiger partial charge in [0.15, 0.2) is 5.82 Å². The summed E-state index contributed by atoms with van der Waals surface area (Å²) in [6.45, 7) is 12.8. The van der Waals surface area contributed by atoms with Crippen molar-refractivity contribution in [3.8, 4) is 0 Å². The van der Waals surface area contributed by atoms with E-state index in [1.807, 2.05) is 51.1 Å². The smallest absolute Gasteiger partial charge is 0.407 e. The molecule has 1 aromatic heterocycles. The Balaban J connectivity index is 1.40. The minimum atomic E-state index is -2.51. The second kappa shape index (κ2) is 12.1. The van der Waals surface area contributed by atoms with Crippen molar-refractivity contribution in [3.05, 3.63) is 59.2 Å². The van der Waals surface area contributed by atoms with E-state index < -0.39 is 12.7 Å². The highest BCUT2D eigenvalue weighted by molar-refractivity contribution is 7.70. The molecule has 2 heterocycles. The molecule has 1 saturated heterocycles. The third-order valence-corrected chi connectivity index (χ3v) is 8.32. The molecule has 0 saturated carbocycles. The minimum Gasteiger partial charge on any atom is -0.444 e. The number of nitrogens with one attached hydrogen (secondary N) is 3. The summed E-state index contributed by atoms with van der Waals surface area (Å²) >= 11 is 6.39. The van der Waals surface area contributed by atoms with Crippen molar-refractivity contribution in [3.63, 3.8) is 0 Å². The summed E-state index contributed by atoms with van der Waals surface area (Å²) in [5, 5.41) is 10.6. The second-order valence-electron chi connectivity index (χ2n) is 11.4. The van der Waals surface area contributed by atoms with Gasteiger partial charge in [0, 0.05) is 35.8 Å². The van der Waals surface area contributed by atoms with Gasteiger partial charge in [-0.05, 0) is 89.8 Å². The molecule has 9 nitrogen and oxygen atoms in total. The number of alkyl carbamates (subject to hydrolysis) is 1. The van der Waals surface area contributed by atoms with Crippen LogP contribution in [0.1, 0.15) is 39.2 Å². The van der Waals surface area contributed by atoms with Crippen molar-refractivity contribution < 1.29 is 14.1 Å². The average molecular weight is 585 g/mol. The zero-order valence-electron chi connectivity index (χ0n) is 23.9. The molecule has 1 aliphatic rings. The van der Waals surface area contributed by atoms with Crippen LogP contribution in [0.4, 0.5) is 33.6 Å². The van der Waals surface area contributed by atoms with Gasteiger partial charge in [-0.25, -0.2) is 9.78 Å². The number of anilines is 5. The summed E-state index contributed by atoms with van der Waals surface area (Å²) in [5.74, 6) is 0.818. The molecule has 2 aromatic carbocycles. The van der Waals surface area contributed by atoms with Gasteiger partial charge in [-0.15, -0.1) is 0 Å². The minimum absolute atomic E-state index is 0.103. The fraction of sp³-hybridized carbons (Fsp3) is 0.414. The van der Waals surface area contributed by atoms with E-state index in [0.29, 0.717) is 22.5 Å². The van der Waals surface area contributed by atoms with E-state index in [0.717, 1.165) is 48.2 Å². The summed E-state index contributed by atoms with van der Waals surface area (Å²) in [5.41, 5.74) is 3.32. The van der Waals surface area contributed by atoms with Crippen molar-refractivity contribution in [2.45, 2.75) is 52.2 Å². The van der Waals surface area contributed by atoms with Crippen LogP contribution in [-0.4, -0.2) is 54.1 Å². The lowest BCUT2D eigenvalue weighted by Crippen LogP contribution is -2.46. The Hall–Kier alpha value is -3.29. The average Bonchev–Trinajstić information content (AvgIpc) is 2.85. The molecule has 1 amide bonds. The number of carbonyl (C=O) groups excluding carboxylic acids is 1. The molecular formula is C29H38ClN6O3P. The van der Waals surface area contributed by atoms with Crippen LogP contribution in [0, 0.1) is 6.92 Å². The molecule has 1 aliphatic heterocycles. The Kier molecular flexibility index (Phi) is 8.96. The Labute approximate surface area is 241 Å². The number of aromatic nitrogens is 2. The number of aryl methyl sites for hydroxylation is 1. The lowest BCUT2D eigenvalue weighted by Gasteiger charge is -2.35. The van der Waals surface area contributed by atoms with Crippen molar-refractivity contribution in [1.29, 1.82) is 0 Å². The summed E-state index contributed by atoms with van der Waals surface area (Å²) in [6, 6.07) is 13.7. The van der Waals surface area contributed by atoms with Crippen molar-refractivity contribution in [2.75, 3.05) is 42.0 Å². The molecule has 11 heteroatoms. The number of rotatable bonds is 7. The van der Waals surface area contributed by atoms with Crippen LogP contribution in [-0.2, 0) is 9.30 Å². The van der Waals surface area contributed by atoms with Gasteiger partial charge in [0.05, 0.1) is 11.9 Å². The van der Waals surface area contributed by atoms with Crippen LogP contribution >= 0.6 is 18.7 Å². The van der Waals surface area contributed by atoms with Crippen LogP contribution in [0.5, 0.6) is 0 Å². The molecule has 0 aliphatic carbocycles. The number of carbonyl (C=O) groups is 1. The monoisotopic (exact) mass is 584 g/mol. The lowest BCUT2D eigenvalue weighted by atomic mass is 10.0. The van der Waals surface area contributed by atoms with E-state index in [2.05, 4.69) is 49.9 Å². The van der Waals surface area contributed by atoms with Crippen LogP contribution < -0.4 is 26.2 Å². The van der Waals surface area contributed by atoms with Gasteiger partial charge in [-0.2, -0.15) is 4.98 Å². The first-order valence-electron chi connectivity index (χ1n) is 13.3. The Morgan fingerprint density at radius 3 is 2.45 bits per heavy atom. The lowest BCUT2D eigenvalue weighted by molar-refractivity contribution is 0.0497. The standard InChI is InChI=1S/C29H38ClN6O3P/c1-19-17-21(11-12-24(19)36-15-13-20(14-16-36)33-28(37)39-29(2,3)4)32-27-31-18-22(30)26(35-27)34-23-9-7-8-10-25(23)40(5,6)38/h7-12,17-18,20H,13-16H2,1-6H3,(H,33,37)(H2,31,32,34,35). The van der Waals surface area contributed by atoms with Crippen LogP contribution in [0.3, 0.4) is 0 Å². The maximum Gasteiger partial charge on any atom is 0.407 e. The van der Waals surface area contributed by atoms with Crippen molar-refractivity contribution in [2.24, 2.45) is 0 Å². The molecule has 4 rings (SSSR count). The number of para-hydroxylation sites is 1. The van der Waals surface area contributed by atoms with E-state index in [4.69, 9.17) is 16.3 Å². The molecular weight excluding hydrogens is 547 g/mol. The van der Waals surface area contributed by atoms with Gasteiger partial charge >= 0.3 is 6.09 Å². The summed E-state index contributed by atoms with van der Waals surface area (Å²) in [6.07, 6.45) is 2.87. The molecule has 0 atom stereocenters. The number of ether oxygens (including phenoxy) is 1. The second-order valence-corrected chi connectivity index (χ2v) is 15.0. The Morgan fingerprint density at radius 1 is 1.10 bits per heavy atom. The van der Waals surface area contributed by atoms with Crippen LogP contribution in [0.15, 0.2) is 48.7 Å². The summed E-state index contributed by atoms with van der Waals surface area (Å²) < 4.78 is 18.1. The van der Waals surface area contributed by atoms with Gasteiger partial charge < -0.3 is 30.2 Å². The van der Waals surface area contributed by atoms with Crippen molar-refractivity contribution >= 4 is 59.0 Å². The highest BCUT2D eigenvalue weighted by atomic mass is 35.5. The number of halogens is 1. The molecule has 0 radical (unpaired) electrons. The molecule has 0 spiro atoms. The van der Waals surface area contributed by atoms with E-state index in [9.17, 15) is 9.36 Å². The summed E-state index contributed by atoms with van der Waals surface area (Å²) in [7, 11) is -2.51. The number of piperidine rings is 1. The maximum atomic E-state index is 12.8. The number of amides is 1. The number of hydrogen-bond acceptors (Lipinski definition) is 8. The quantitative estimate of drug-likeness (QED) is 0.264. The Bertz CT molecular complexity index is 1410. The van der Waals surface area contributed by atoms with Crippen LogP contribution in [0.2, 0.25) is 5.02 Å². The fourth-order valence-corrected chi connectivity index (χ4v) is 5.94. The molecule has 0 unspecified atom stereocenters. The molecule has 1 fully saturated rings. The van der Waals surface area contributed by atoms with Gasteiger partial charge in [0.2, 0.25) is 5.95 Å². The van der Waals surface area contributed by atoms with Gasteiger partial charge in [0.1, 0.15) is 17.8 Å². The summed E-state index contributed by atoms with van der Waals surface area (Å²) in [4.78, 5) is 23.4. The first-order valence-corrected chi connectivity index (χ1v) is 16.3. The molecule has 214 valence electrons. The molecule has 3 N–H and O–H groups in total. The zero-order chi connectivity index (χ0) is 29.1. The maximum absolute atomic E-state index is 12.8. The zero-order valence-corrected chi connectivity index (χ0v) is 25.6. The topological polar surface area (TPSA) is 108 Å². The number of hydrogen-bond donors (Lipinski definition) is 3. The van der Waals surface area contributed by atoms with E-state index in [1.54, 1.807) is 13.3 Å². The third kappa shape index (κ3) is 7.89. The fourth-order valence-electron chi connectivity index (χ4n) is 4.65. The van der Waals surface area contributed by atoms with Crippen molar-refractivity contribution in [1.82, 2.24) is 15.3 Å². The van der Waals surface area contributed by atoms with E-state index >= 15 is 0 Å². The van der Waals surface area contributed by atoms with Gasteiger partial charge in [-0.1, -0.05) is 23.7 Å². The normalized spacial score (nSPS) is 14.5. The molecule has 0 bridgehead atoms. The predicted octanol–water partition coefficient (Wildman–Crippen LogP) is 6.67. The SMILES string of the molecule is Cc1cc(Nc2ncc(Cl)c(Nc3ccccc3P(C)(C)=O)n2)ccc1N1CCC(NC(=O)OC(C)(C)C)CC1. The highest BCUT2D eigenvalue weighted by Gasteiger charge is 2.24. The predicted molar refractivity (Wildman–Crippen MR) is 165 cm³/mol. The molecule has 40 heavy (non-hydrogen) atoms. The van der Waals surface area contributed by atoms with Gasteiger partial charge in [0.25, 0.3) is 0 Å². The van der Waals surface area contributed by atoms with Gasteiger partial charge in [-0.3, -0.25) is 0 Å². The first kappa shape index (κ1) is 29.7. The van der Waals surface area contributed by atoms with Crippen LogP contribution in [0.25, 0.3) is 0 Å².